The SMILES string of the molecule is CNC(=O)COc1ccc(-c2nc3ncc(C)c(N[C@H]4CCN(CCc5ccccc5)C4)c3[nH]2)cc1. The fraction of sp³-hybridized carbons (Fsp3) is 0.321. The van der Waals surface area contributed by atoms with Crippen LogP contribution in [0.1, 0.15) is 17.5 Å². The van der Waals surface area contributed by atoms with Gasteiger partial charge < -0.3 is 25.3 Å². The molecule has 0 bridgehead atoms. The fourth-order valence-corrected chi connectivity index (χ4v) is 4.59. The van der Waals surface area contributed by atoms with Gasteiger partial charge in [-0.3, -0.25) is 4.79 Å². The number of anilines is 1. The topological polar surface area (TPSA) is 95.2 Å². The van der Waals surface area contributed by atoms with E-state index < -0.39 is 0 Å². The minimum atomic E-state index is -0.167. The summed E-state index contributed by atoms with van der Waals surface area (Å²) >= 11 is 0. The van der Waals surface area contributed by atoms with E-state index in [0.717, 1.165) is 60.6 Å². The largest absolute Gasteiger partial charge is 0.484 e. The summed E-state index contributed by atoms with van der Waals surface area (Å²) in [7, 11) is 1.59. The van der Waals surface area contributed by atoms with Crippen LogP contribution in [0.15, 0.2) is 60.8 Å². The van der Waals surface area contributed by atoms with Crippen LogP contribution >= 0.6 is 0 Å². The van der Waals surface area contributed by atoms with Gasteiger partial charge in [-0.15, -0.1) is 0 Å². The van der Waals surface area contributed by atoms with Gasteiger partial charge in [0.1, 0.15) is 17.1 Å². The second kappa shape index (κ2) is 10.8. The number of pyridine rings is 1. The van der Waals surface area contributed by atoms with Gasteiger partial charge >= 0.3 is 0 Å². The zero-order chi connectivity index (χ0) is 24.9. The van der Waals surface area contributed by atoms with Gasteiger partial charge in [0.2, 0.25) is 0 Å². The van der Waals surface area contributed by atoms with Gasteiger partial charge in [0.25, 0.3) is 5.91 Å². The number of nitrogens with one attached hydrogen (secondary N) is 3. The van der Waals surface area contributed by atoms with E-state index in [1.807, 2.05) is 30.5 Å². The molecule has 2 aromatic carbocycles. The molecular formula is C28H32N6O2. The molecule has 5 rings (SSSR count). The van der Waals surface area contributed by atoms with Crippen molar-refractivity contribution >= 4 is 22.8 Å². The zero-order valence-corrected chi connectivity index (χ0v) is 20.8. The lowest BCUT2D eigenvalue weighted by Crippen LogP contribution is -2.28. The number of hydrogen-bond donors (Lipinski definition) is 3. The Bertz CT molecular complexity index is 1320. The molecule has 36 heavy (non-hydrogen) atoms. The van der Waals surface area contributed by atoms with Crippen LogP contribution in [0, 0.1) is 6.92 Å². The van der Waals surface area contributed by atoms with Crippen molar-refractivity contribution in [1.82, 2.24) is 25.2 Å². The molecule has 1 aliphatic rings. The van der Waals surface area contributed by atoms with Gasteiger partial charge in [-0.05, 0) is 55.2 Å². The number of aromatic nitrogens is 3. The number of carbonyl (C=O) groups excluding carboxylic acids is 1. The summed E-state index contributed by atoms with van der Waals surface area (Å²) in [6.45, 7) is 5.26. The second-order valence-electron chi connectivity index (χ2n) is 9.25. The third-order valence-electron chi connectivity index (χ3n) is 6.67. The number of fused-ring (bicyclic) bond motifs is 1. The molecule has 0 radical (unpaired) electrons. The molecule has 0 aliphatic carbocycles. The predicted octanol–water partition coefficient (Wildman–Crippen LogP) is 3.79. The number of likely N-dealkylation sites (tertiary alicyclic amines) is 1. The molecule has 4 aromatic rings. The van der Waals surface area contributed by atoms with Crippen LogP contribution < -0.4 is 15.4 Å². The molecule has 1 amide bonds. The van der Waals surface area contributed by atoms with Gasteiger partial charge in [-0.2, -0.15) is 0 Å². The lowest BCUT2D eigenvalue weighted by Gasteiger charge is -2.18. The summed E-state index contributed by atoms with van der Waals surface area (Å²) in [4.78, 5) is 26.7. The maximum Gasteiger partial charge on any atom is 0.257 e. The number of likely N-dealkylation sites (N-methyl/N-ethyl adjacent to an activating group) is 1. The second-order valence-corrected chi connectivity index (χ2v) is 9.25. The number of nitrogens with zero attached hydrogens (tertiary/aromatic N) is 3. The van der Waals surface area contributed by atoms with E-state index >= 15 is 0 Å². The first-order chi connectivity index (χ1) is 17.6. The van der Waals surface area contributed by atoms with Gasteiger partial charge in [0.05, 0.1) is 5.69 Å². The summed E-state index contributed by atoms with van der Waals surface area (Å²) in [5.41, 5.74) is 6.09. The van der Waals surface area contributed by atoms with Crippen LogP contribution in [0.2, 0.25) is 0 Å². The Balaban J connectivity index is 1.26. The molecule has 0 saturated carbocycles. The lowest BCUT2D eigenvalue weighted by molar-refractivity contribution is -0.122. The van der Waals surface area contributed by atoms with Crippen molar-refractivity contribution in [1.29, 1.82) is 0 Å². The number of aryl methyl sites for hydroxylation is 1. The number of imidazole rings is 1. The molecule has 0 spiro atoms. The predicted molar refractivity (Wildman–Crippen MR) is 142 cm³/mol. The monoisotopic (exact) mass is 484 g/mol. The Kier molecular flexibility index (Phi) is 7.13. The Morgan fingerprint density at radius 2 is 1.97 bits per heavy atom. The summed E-state index contributed by atoms with van der Waals surface area (Å²) in [5, 5.41) is 6.32. The van der Waals surface area contributed by atoms with Crippen molar-refractivity contribution in [2.24, 2.45) is 0 Å². The normalized spacial score (nSPS) is 15.8. The highest BCUT2D eigenvalue weighted by molar-refractivity contribution is 5.89. The summed E-state index contributed by atoms with van der Waals surface area (Å²) in [5.74, 6) is 1.21. The molecule has 186 valence electrons. The first-order valence-corrected chi connectivity index (χ1v) is 12.4. The van der Waals surface area contributed by atoms with Crippen LogP contribution in [0.25, 0.3) is 22.6 Å². The van der Waals surface area contributed by atoms with Gasteiger partial charge in [-0.1, -0.05) is 30.3 Å². The molecule has 0 unspecified atom stereocenters. The van der Waals surface area contributed by atoms with E-state index in [9.17, 15) is 4.79 Å². The number of ether oxygens (including phenoxy) is 1. The van der Waals surface area contributed by atoms with Crippen molar-refractivity contribution in [2.75, 3.05) is 38.6 Å². The van der Waals surface area contributed by atoms with Crippen molar-refractivity contribution in [2.45, 2.75) is 25.8 Å². The average molecular weight is 485 g/mol. The molecule has 3 heterocycles. The van der Waals surface area contributed by atoms with Crippen molar-refractivity contribution in [3.8, 4) is 17.1 Å². The van der Waals surface area contributed by atoms with Gasteiger partial charge in [0.15, 0.2) is 12.3 Å². The summed E-state index contributed by atoms with van der Waals surface area (Å²) in [6.07, 6.45) is 4.06. The minimum Gasteiger partial charge on any atom is -0.484 e. The van der Waals surface area contributed by atoms with Crippen molar-refractivity contribution < 1.29 is 9.53 Å². The zero-order valence-electron chi connectivity index (χ0n) is 20.8. The van der Waals surface area contributed by atoms with Crippen LogP contribution in [-0.2, 0) is 11.2 Å². The number of hydrogen-bond acceptors (Lipinski definition) is 6. The smallest absolute Gasteiger partial charge is 0.257 e. The quantitative estimate of drug-likeness (QED) is 0.335. The first kappa shape index (κ1) is 23.8. The average Bonchev–Trinajstić information content (AvgIpc) is 3.56. The molecular weight excluding hydrogens is 452 g/mol. The highest BCUT2D eigenvalue weighted by Crippen LogP contribution is 2.29. The van der Waals surface area contributed by atoms with Crippen molar-refractivity contribution in [3.05, 3.63) is 71.9 Å². The highest BCUT2D eigenvalue weighted by Gasteiger charge is 2.24. The van der Waals surface area contributed by atoms with Crippen LogP contribution in [0.4, 0.5) is 5.69 Å². The van der Waals surface area contributed by atoms with Gasteiger partial charge in [0, 0.05) is 44.5 Å². The number of H-pyrrole nitrogens is 1. The summed E-state index contributed by atoms with van der Waals surface area (Å²) < 4.78 is 5.50. The van der Waals surface area contributed by atoms with E-state index in [0.29, 0.717) is 17.4 Å². The molecule has 1 fully saturated rings. The molecule has 1 saturated heterocycles. The molecule has 3 N–H and O–H groups in total. The molecule has 1 atom stereocenters. The van der Waals surface area contributed by atoms with E-state index in [2.05, 4.69) is 62.8 Å². The highest BCUT2D eigenvalue weighted by atomic mass is 16.5. The van der Waals surface area contributed by atoms with Crippen molar-refractivity contribution in [3.63, 3.8) is 0 Å². The molecule has 2 aromatic heterocycles. The number of aromatic amines is 1. The van der Waals surface area contributed by atoms with E-state index in [1.54, 1.807) is 7.05 Å². The first-order valence-electron chi connectivity index (χ1n) is 12.4. The maximum atomic E-state index is 11.4. The third-order valence-corrected chi connectivity index (χ3v) is 6.67. The standard InChI is InChI=1S/C28H32N6O2/c1-19-16-30-28-26(32-27(33-28)21-8-10-23(11-9-21)36-18-24(35)29-2)25(19)31-22-13-15-34(17-22)14-12-20-6-4-3-5-7-20/h3-11,16,22H,12-15,17-18H2,1-2H3,(H,29,35)(H2,30,31,32,33)/t22-/m0/s1. The van der Waals surface area contributed by atoms with Gasteiger partial charge in [-0.25, -0.2) is 9.97 Å². The number of carbonyl (C=O) groups is 1. The van der Waals surface area contributed by atoms with E-state index in [4.69, 9.17) is 9.72 Å². The van der Waals surface area contributed by atoms with E-state index in [-0.39, 0.29) is 12.5 Å². The van der Waals surface area contributed by atoms with Crippen LogP contribution in [0.3, 0.4) is 0 Å². The maximum absolute atomic E-state index is 11.4. The number of rotatable bonds is 9. The minimum absolute atomic E-state index is 0.0104. The Morgan fingerprint density at radius 1 is 1.17 bits per heavy atom. The molecule has 1 aliphatic heterocycles. The lowest BCUT2D eigenvalue weighted by atomic mass is 10.1. The number of benzene rings is 2. The Morgan fingerprint density at radius 3 is 2.75 bits per heavy atom. The Hall–Kier alpha value is -3.91. The van der Waals surface area contributed by atoms with Crippen LogP contribution in [-0.4, -0.2) is 65.1 Å². The Labute approximate surface area is 211 Å². The van der Waals surface area contributed by atoms with E-state index in [1.165, 1.54) is 5.56 Å². The third kappa shape index (κ3) is 5.49. The molecule has 8 nitrogen and oxygen atoms in total. The fourth-order valence-electron chi connectivity index (χ4n) is 4.59. The summed E-state index contributed by atoms with van der Waals surface area (Å²) in [6, 6.07) is 18.6. The van der Waals surface area contributed by atoms with Crippen LogP contribution in [0.5, 0.6) is 5.75 Å². The molecule has 8 heteroatoms. The number of amides is 1.